The van der Waals surface area contributed by atoms with Crippen LogP contribution in [0, 0.1) is 0 Å². The van der Waals surface area contributed by atoms with E-state index in [-0.39, 0.29) is 0 Å². The molecule has 0 amide bonds. The molecule has 0 fully saturated rings. The Labute approximate surface area is 90.5 Å². The predicted molar refractivity (Wildman–Crippen MR) is 58.6 cm³/mol. The van der Waals surface area contributed by atoms with Crippen LogP contribution in [0.2, 0.25) is 0 Å². The Hall–Kier alpha value is -0.940. The molecule has 0 aliphatic carbocycles. The molecule has 0 aromatic carbocycles. The fourth-order valence-electron chi connectivity index (χ4n) is 1.91. The maximum Gasteiger partial charge on any atom is 0.0997 e. The molecule has 1 N–H and O–H groups in total. The van der Waals surface area contributed by atoms with Crippen molar-refractivity contribution in [1.29, 1.82) is 0 Å². The monoisotopic (exact) mass is 209 g/mol. The Morgan fingerprint density at radius 2 is 2.33 bits per heavy atom. The first-order chi connectivity index (χ1) is 7.27. The van der Waals surface area contributed by atoms with Gasteiger partial charge in [-0.05, 0) is 27.1 Å². The van der Waals surface area contributed by atoms with Crippen molar-refractivity contribution in [1.82, 2.24) is 25.2 Å². The third kappa shape index (κ3) is 2.54. The quantitative estimate of drug-likeness (QED) is 0.750. The average molecular weight is 209 g/mol. The molecule has 0 atom stereocenters. The van der Waals surface area contributed by atoms with Crippen LogP contribution in [-0.2, 0) is 19.5 Å². The van der Waals surface area contributed by atoms with E-state index in [9.17, 15) is 0 Å². The van der Waals surface area contributed by atoms with E-state index in [4.69, 9.17) is 0 Å². The molecule has 5 nitrogen and oxygen atoms in total. The van der Waals surface area contributed by atoms with Crippen molar-refractivity contribution in [2.24, 2.45) is 0 Å². The summed E-state index contributed by atoms with van der Waals surface area (Å²) in [4.78, 5) is 2.20. The highest BCUT2D eigenvalue weighted by atomic mass is 15.4. The fourth-order valence-corrected chi connectivity index (χ4v) is 1.91. The zero-order valence-corrected chi connectivity index (χ0v) is 9.53. The second-order valence-corrected chi connectivity index (χ2v) is 4.29. The standard InChI is InChI=1S/C10H19N5/c1-14(2)6-3-7-15-10-4-5-11-8-9(10)12-13-15/h11H,3-8H2,1-2H3. The van der Waals surface area contributed by atoms with E-state index in [1.54, 1.807) is 0 Å². The first-order valence-electron chi connectivity index (χ1n) is 5.54. The second kappa shape index (κ2) is 4.72. The van der Waals surface area contributed by atoms with Crippen molar-refractivity contribution in [3.8, 4) is 0 Å². The molecule has 15 heavy (non-hydrogen) atoms. The van der Waals surface area contributed by atoms with Gasteiger partial charge in [-0.2, -0.15) is 0 Å². The van der Waals surface area contributed by atoms with Gasteiger partial charge in [-0.15, -0.1) is 5.10 Å². The van der Waals surface area contributed by atoms with Gasteiger partial charge in [-0.25, -0.2) is 4.68 Å². The van der Waals surface area contributed by atoms with Crippen molar-refractivity contribution in [3.05, 3.63) is 11.4 Å². The summed E-state index contributed by atoms with van der Waals surface area (Å²) < 4.78 is 2.07. The second-order valence-electron chi connectivity index (χ2n) is 4.29. The highest BCUT2D eigenvalue weighted by Gasteiger charge is 2.15. The number of nitrogens with zero attached hydrogens (tertiary/aromatic N) is 4. The summed E-state index contributed by atoms with van der Waals surface area (Å²) in [5.74, 6) is 0. The highest BCUT2D eigenvalue weighted by Crippen LogP contribution is 2.10. The SMILES string of the molecule is CN(C)CCCn1nnc2c1CCNC2. The Morgan fingerprint density at radius 3 is 3.13 bits per heavy atom. The first kappa shape index (κ1) is 10.6. The zero-order chi connectivity index (χ0) is 10.7. The summed E-state index contributed by atoms with van der Waals surface area (Å²) in [6, 6.07) is 0. The largest absolute Gasteiger partial charge is 0.311 e. The number of aromatic nitrogens is 3. The van der Waals surface area contributed by atoms with Crippen LogP contribution in [-0.4, -0.2) is 47.1 Å². The van der Waals surface area contributed by atoms with Gasteiger partial charge in [0.15, 0.2) is 0 Å². The summed E-state index contributed by atoms with van der Waals surface area (Å²) in [5.41, 5.74) is 2.46. The number of hydrogen-bond donors (Lipinski definition) is 1. The Kier molecular flexibility index (Phi) is 3.33. The summed E-state index contributed by atoms with van der Waals surface area (Å²) in [5, 5.41) is 11.7. The first-order valence-corrected chi connectivity index (χ1v) is 5.54. The number of aryl methyl sites for hydroxylation is 1. The molecular formula is C10H19N5. The smallest absolute Gasteiger partial charge is 0.0997 e. The van der Waals surface area contributed by atoms with E-state index in [2.05, 4.69) is 39.3 Å². The van der Waals surface area contributed by atoms with E-state index in [1.165, 1.54) is 5.69 Å². The van der Waals surface area contributed by atoms with E-state index in [0.717, 1.165) is 44.7 Å². The molecule has 5 heteroatoms. The van der Waals surface area contributed by atoms with Gasteiger partial charge in [0.05, 0.1) is 11.4 Å². The fraction of sp³-hybridized carbons (Fsp3) is 0.800. The molecule has 2 heterocycles. The van der Waals surface area contributed by atoms with Crippen LogP contribution in [0.15, 0.2) is 0 Å². The third-order valence-electron chi connectivity index (χ3n) is 2.72. The Morgan fingerprint density at radius 1 is 1.47 bits per heavy atom. The minimum Gasteiger partial charge on any atom is -0.311 e. The third-order valence-corrected chi connectivity index (χ3v) is 2.72. The van der Waals surface area contributed by atoms with Gasteiger partial charge in [0.2, 0.25) is 0 Å². The van der Waals surface area contributed by atoms with Crippen molar-refractivity contribution in [2.45, 2.75) is 25.9 Å². The van der Waals surface area contributed by atoms with Crippen LogP contribution in [0.1, 0.15) is 17.8 Å². The number of nitrogens with one attached hydrogen (secondary N) is 1. The lowest BCUT2D eigenvalue weighted by Crippen LogP contribution is -2.25. The molecule has 1 aliphatic heterocycles. The van der Waals surface area contributed by atoms with E-state index >= 15 is 0 Å². The minimum absolute atomic E-state index is 0.878. The summed E-state index contributed by atoms with van der Waals surface area (Å²) in [7, 11) is 4.20. The van der Waals surface area contributed by atoms with Crippen LogP contribution < -0.4 is 5.32 Å². The predicted octanol–water partition coefficient (Wildman–Crippen LogP) is -0.124. The van der Waals surface area contributed by atoms with Crippen molar-refractivity contribution >= 4 is 0 Å². The lowest BCUT2D eigenvalue weighted by molar-refractivity contribution is 0.376. The molecule has 1 aromatic rings. The van der Waals surface area contributed by atoms with Crippen LogP contribution in [0.25, 0.3) is 0 Å². The van der Waals surface area contributed by atoms with Crippen LogP contribution in [0.5, 0.6) is 0 Å². The van der Waals surface area contributed by atoms with Gasteiger partial charge in [-0.1, -0.05) is 5.21 Å². The van der Waals surface area contributed by atoms with Crippen LogP contribution in [0.3, 0.4) is 0 Å². The molecule has 0 spiro atoms. The number of hydrogen-bond acceptors (Lipinski definition) is 4. The lowest BCUT2D eigenvalue weighted by Gasteiger charge is -2.14. The molecule has 0 saturated carbocycles. The van der Waals surface area contributed by atoms with Crippen LogP contribution in [0.4, 0.5) is 0 Å². The molecule has 1 aliphatic rings. The normalized spacial score (nSPS) is 15.7. The average Bonchev–Trinajstić information content (AvgIpc) is 2.62. The molecule has 1 aromatic heterocycles. The Balaban J connectivity index is 1.94. The molecule has 0 saturated heterocycles. The molecule has 0 unspecified atom stereocenters. The van der Waals surface area contributed by atoms with Crippen molar-refractivity contribution < 1.29 is 0 Å². The van der Waals surface area contributed by atoms with E-state index < -0.39 is 0 Å². The van der Waals surface area contributed by atoms with Gasteiger partial charge in [0.1, 0.15) is 0 Å². The highest BCUT2D eigenvalue weighted by molar-refractivity contribution is 5.13. The molecule has 0 bridgehead atoms. The minimum atomic E-state index is 0.878. The number of rotatable bonds is 4. The zero-order valence-electron chi connectivity index (χ0n) is 9.53. The summed E-state index contributed by atoms with van der Waals surface area (Å²) in [6.45, 7) is 4.02. The maximum absolute atomic E-state index is 4.20. The lowest BCUT2D eigenvalue weighted by atomic mass is 10.2. The summed E-state index contributed by atoms with van der Waals surface area (Å²) >= 11 is 0. The molecule has 84 valence electrons. The molecular weight excluding hydrogens is 190 g/mol. The van der Waals surface area contributed by atoms with Gasteiger partial charge >= 0.3 is 0 Å². The topological polar surface area (TPSA) is 46.0 Å². The van der Waals surface area contributed by atoms with E-state index in [1.807, 2.05) is 0 Å². The molecule has 2 rings (SSSR count). The van der Waals surface area contributed by atoms with Gasteiger partial charge in [0, 0.05) is 26.1 Å². The van der Waals surface area contributed by atoms with Gasteiger partial charge in [-0.3, -0.25) is 0 Å². The van der Waals surface area contributed by atoms with Crippen LogP contribution >= 0.6 is 0 Å². The molecule has 0 radical (unpaired) electrons. The van der Waals surface area contributed by atoms with Gasteiger partial charge in [0.25, 0.3) is 0 Å². The summed E-state index contributed by atoms with van der Waals surface area (Å²) in [6.07, 6.45) is 2.19. The maximum atomic E-state index is 4.20. The Bertz CT molecular complexity index is 318. The van der Waals surface area contributed by atoms with Crippen molar-refractivity contribution in [2.75, 3.05) is 27.2 Å². The van der Waals surface area contributed by atoms with Gasteiger partial charge < -0.3 is 10.2 Å². The van der Waals surface area contributed by atoms with E-state index in [0.29, 0.717) is 0 Å². The number of fused-ring (bicyclic) bond motifs is 1. The van der Waals surface area contributed by atoms with Crippen molar-refractivity contribution in [3.63, 3.8) is 0 Å².